The van der Waals surface area contributed by atoms with Gasteiger partial charge in [0.15, 0.2) is 0 Å². The maximum absolute atomic E-state index is 11.9. The molecule has 1 atom stereocenters. The maximum Gasteiger partial charge on any atom is 0.340 e. The highest BCUT2D eigenvalue weighted by Gasteiger charge is 2.19. The quantitative estimate of drug-likeness (QED) is 0.844. The molecule has 0 aliphatic carbocycles. The third kappa shape index (κ3) is 3.39. The third-order valence-electron chi connectivity index (χ3n) is 3.19. The number of aromatic nitrogens is 1. The van der Waals surface area contributed by atoms with Gasteiger partial charge in [0.25, 0.3) is 0 Å². The minimum absolute atomic E-state index is 0.142. The second kappa shape index (κ2) is 6.56. The van der Waals surface area contributed by atoms with Gasteiger partial charge in [0, 0.05) is 19.7 Å². The molecular weight excluding hydrogens is 258 g/mol. The highest BCUT2D eigenvalue weighted by Crippen LogP contribution is 2.21. The van der Waals surface area contributed by atoms with Gasteiger partial charge in [-0.1, -0.05) is 0 Å². The van der Waals surface area contributed by atoms with Crippen LogP contribution in [0.2, 0.25) is 0 Å². The highest BCUT2D eigenvalue weighted by atomic mass is 16.5. The number of carbonyl (C=O) groups excluding carboxylic acids is 1. The number of hydrogen-bond donors (Lipinski definition) is 1. The monoisotopic (exact) mass is 279 g/mol. The summed E-state index contributed by atoms with van der Waals surface area (Å²) in [6.07, 6.45) is 2.59. The first-order valence-electron chi connectivity index (χ1n) is 6.91. The maximum atomic E-state index is 11.9. The molecule has 2 N–H and O–H groups in total. The molecule has 0 spiro atoms. The summed E-state index contributed by atoms with van der Waals surface area (Å²) >= 11 is 0. The van der Waals surface area contributed by atoms with Gasteiger partial charge in [0.2, 0.25) is 0 Å². The lowest BCUT2D eigenvalue weighted by Crippen LogP contribution is -2.31. The number of nitrogen functional groups attached to an aromatic ring is 1. The lowest BCUT2D eigenvalue weighted by molar-refractivity contribution is 0.0527. The Hall–Kier alpha value is -1.82. The van der Waals surface area contributed by atoms with Crippen LogP contribution in [0.3, 0.4) is 0 Å². The number of carbonyl (C=O) groups is 1. The van der Waals surface area contributed by atoms with E-state index in [-0.39, 0.29) is 6.10 Å². The topological polar surface area (TPSA) is 77.7 Å². The van der Waals surface area contributed by atoms with Gasteiger partial charge < -0.3 is 20.1 Å². The SMILES string of the molecule is CCOC(=O)c1cc(N2CCCOC(C)C2)ncc1N. The van der Waals surface area contributed by atoms with E-state index in [1.165, 1.54) is 6.20 Å². The molecule has 110 valence electrons. The van der Waals surface area contributed by atoms with Gasteiger partial charge in [-0.25, -0.2) is 9.78 Å². The fraction of sp³-hybridized carbons (Fsp3) is 0.571. The van der Waals surface area contributed by atoms with Crippen LogP contribution in [0.4, 0.5) is 11.5 Å². The molecule has 0 amide bonds. The van der Waals surface area contributed by atoms with Crippen molar-refractivity contribution in [3.63, 3.8) is 0 Å². The van der Waals surface area contributed by atoms with E-state index in [2.05, 4.69) is 9.88 Å². The largest absolute Gasteiger partial charge is 0.462 e. The molecule has 2 heterocycles. The second-order valence-corrected chi connectivity index (χ2v) is 4.83. The summed E-state index contributed by atoms with van der Waals surface area (Å²) in [5.41, 5.74) is 6.51. The smallest absolute Gasteiger partial charge is 0.340 e. The van der Waals surface area contributed by atoms with Crippen LogP contribution in [0.15, 0.2) is 12.3 Å². The molecule has 1 saturated heterocycles. The molecule has 20 heavy (non-hydrogen) atoms. The van der Waals surface area contributed by atoms with Gasteiger partial charge in [0.1, 0.15) is 5.82 Å². The molecular formula is C14H21N3O3. The molecule has 0 bridgehead atoms. The van der Waals surface area contributed by atoms with Crippen LogP contribution >= 0.6 is 0 Å². The minimum Gasteiger partial charge on any atom is -0.462 e. The Labute approximate surface area is 118 Å². The lowest BCUT2D eigenvalue weighted by Gasteiger charge is -2.23. The van der Waals surface area contributed by atoms with Gasteiger partial charge in [-0.3, -0.25) is 0 Å². The van der Waals surface area contributed by atoms with E-state index in [9.17, 15) is 4.79 Å². The summed E-state index contributed by atoms with van der Waals surface area (Å²) in [5, 5.41) is 0. The Bertz CT molecular complexity index is 479. The summed E-state index contributed by atoms with van der Waals surface area (Å²) in [7, 11) is 0. The van der Waals surface area contributed by atoms with Crippen molar-refractivity contribution in [1.29, 1.82) is 0 Å². The molecule has 0 saturated carbocycles. The van der Waals surface area contributed by atoms with Gasteiger partial charge in [-0.05, 0) is 26.3 Å². The normalized spacial score (nSPS) is 19.5. The first-order chi connectivity index (χ1) is 9.61. The molecule has 1 aliphatic heterocycles. The molecule has 1 aliphatic rings. The van der Waals surface area contributed by atoms with E-state index in [4.69, 9.17) is 15.2 Å². The van der Waals surface area contributed by atoms with Crippen LogP contribution in [0.1, 0.15) is 30.6 Å². The summed E-state index contributed by atoms with van der Waals surface area (Å²) in [6, 6.07) is 1.70. The predicted octanol–water partition coefficient (Wildman–Crippen LogP) is 1.46. The van der Waals surface area contributed by atoms with Crippen molar-refractivity contribution < 1.29 is 14.3 Å². The fourth-order valence-electron chi connectivity index (χ4n) is 2.22. The van der Waals surface area contributed by atoms with Crippen LogP contribution in [-0.2, 0) is 9.47 Å². The van der Waals surface area contributed by atoms with Crippen molar-refractivity contribution in [1.82, 2.24) is 4.98 Å². The van der Waals surface area contributed by atoms with Gasteiger partial charge in [-0.15, -0.1) is 0 Å². The van der Waals surface area contributed by atoms with E-state index < -0.39 is 5.97 Å². The van der Waals surface area contributed by atoms with Crippen molar-refractivity contribution in [2.24, 2.45) is 0 Å². The second-order valence-electron chi connectivity index (χ2n) is 4.83. The molecule has 1 aromatic rings. The van der Waals surface area contributed by atoms with E-state index >= 15 is 0 Å². The Balaban J connectivity index is 2.23. The number of pyridine rings is 1. The number of rotatable bonds is 3. The van der Waals surface area contributed by atoms with Gasteiger partial charge >= 0.3 is 5.97 Å². The van der Waals surface area contributed by atoms with Gasteiger partial charge in [-0.2, -0.15) is 0 Å². The molecule has 6 nitrogen and oxygen atoms in total. The van der Waals surface area contributed by atoms with E-state index in [0.29, 0.717) is 17.9 Å². The zero-order valence-electron chi connectivity index (χ0n) is 12.0. The summed E-state index contributed by atoms with van der Waals surface area (Å²) in [6.45, 7) is 6.47. The first kappa shape index (κ1) is 14.6. The molecule has 1 aromatic heterocycles. The standard InChI is InChI=1S/C14H21N3O3/c1-3-19-14(18)11-7-13(16-8-12(11)15)17-5-4-6-20-10(2)9-17/h7-8,10H,3-6,9,15H2,1-2H3. The van der Waals surface area contributed by atoms with Crippen molar-refractivity contribution in [2.45, 2.75) is 26.4 Å². The molecule has 1 fully saturated rings. The minimum atomic E-state index is -0.409. The highest BCUT2D eigenvalue weighted by molar-refractivity contribution is 5.95. The Morgan fingerprint density at radius 2 is 2.45 bits per heavy atom. The zero-order valence-corrected chi connectivity index (χ0v) is 12.0. The van der Waals surface area contributed by atoms with Crippen molar-refractivity contribution in [2.75, 3.05) is 36.9 Å². The third-order valence-corrected chi connectivity index (χ3v) is 3.19. The van der Waals surface area contributed by atoms with Gasteiger partial charge in [0.05, 0.1) is 30.2 Å². The fourth-order valence-corrected chi connectivity index (χ4v) is 2.22. The molecule has 0 aromatic carbocycles. The number of ether oxygens (including phenoxy) is 2. The number of nitrogens with zero attached hydrogens (tertiary/aromatic N) is 2. The summed E-state index contributed by atoms with van der Waals surface area (Å²) in [4.78, 5) is 18.3. The molecule has 6 heteroatoms. The van der Waals surface area contributed by atoms with Crippen LogP contribution in [0.5, 0.6) is 0 Å². The number of anilines is 2. The molecule has 2 rings (SSSR count). The Morgan fingerprint density at radius 3 is 3.20 bits per heavy atom. The van der Waals surface area contributed by atoms with Crippen LogP contribution in [0.25, 0.3) is 0 Å². The molecule has 1 unspecified atom stereocenters. The number of nitrogens with two attached hydrogens (primary N) is 1. The Morgan fingerprint density at radius 1 is 1.65 bits per heavy atom. The van der Waals surface area contributed by atoms with Crippen molar-refractivity contribution in [3.8, 4) is 0 Å². The Kier molecular flexibility index (Phi) is 4.79. The molecule has 0 radical (unpaired) electrons. The van der Waals surface area contributed by atoms with E-state index in [1.54, 1.807) is 13.0 Å². The number of hydrogen-bond acceptors (Lipinski definition) is 6. The number of esters is 1. The average Bonchev–Trinajstić information content (AvgIpc) is 2.64. The van der Waals surface area contributed by atoms with Crippen LogP contribution < -0.4 is 10.6 Å². The average molecular weight is 279 g/mol. The zero-order chi connectivity index (χ0) is 14.5. The van der Waals surface area contributed by atoms with E-state index in [0.717, 1.165) is 31.9 Å². The summed E-state index contributed by atoms with van der Waals surface area (Å²) in [5.74, 6) is 0.326. The van der Waals surface area contributed by atoms with E-state index in [1.807, 2.05) is 6.92 Å². The van der Waals surface area contributed by atoms with Crippen molar-refractivity contribution in [3.05, 3.63) is 17.8 Å². The lowest BCUT2D eigenvalue weighted by atomic mass is 10.2. The van der Waals surface area contributed by atoms with Crippen LogP contribution in [-0.4, -0.2) is 43.4 Å². The first-order valence-corrected chi connectivity index (χ1v) is 6.91. The predicted molar refractivity (Wildman–Crippen MR) is 76.8 cm³/mol. The van der Waals surface area contributed by atoms with Crippen molar-refractivity contribution >= 4 is 17.5 Å². The summed E-state index contributed by atoms with van der Waals surface area (Å²) < 4.78 is 10.6. The van der Waals surface area contributed by atoms with Crippen LogP contribution in [0, 0.1) is 0 Å².